The molecule has 2 atom stereocenters. The van der Waals surface area contributed by atoms with E-state index in [4.69, 9.17) is 9.47 Å². The second-order valence-corrected chi connectivity index (χ2v) is 11.5. The SMILES string of the molecule is COc1cc(-c2cn(C)c(=O)c(C)c2C)cc(OC)c1CN1C[C@H]2C(C(C)(C)C)=C(C#N)C(=O)N2C[C@@H]1C. The average Bonchev–Trinajstić information content (AvgIpc) is 3.15. The van der Waals surface area contributed by atoms with E-state index in [2.05, 4.69) is 38.7 Å². The molecule has 1 amide bonds. The van der Waals surface area contributed by atoms with Crippen LogP contribution in [0, 0.1) is 30.6 Å². The minimum atomic E-state index is -0.296. The normalized spacial score (nSPS) is 20.0. The second-order valence-electron chi connectivity index (χ2n) is 11.5. The van der Waals surface area contributed by atoms with Crippen molar-refractivity contribution in [2.75, 3.05) is 27.3 Å². The highest BCUT2D eigenvalue weighted by molar-refractivity contribution is 6.01. The van der Waals surface area contributed by atoms with Crippen molar-refractivity contribution >= 4 is 5.91 Å². The van der Waals surface area contributed by atoms with Crippen molar-refractivity contribution < 1.29 is 14.3 Å². The predicted octanol–water partition coefficient (Wildman–Crippen LogP) is 3.97. The number of aryl methyl sites for hydroxylation is 1. The Bertz CT molecular complexity index is 1400. The Morgan fingerprint density at radius 3 is 2.18 bits per heavy atom. The molecule has 0 saturated carbocycles. The Hall–Kier alpha value is -3.57. The maximum Gasteiger partial charge on any atom is 0.265 e. The topological polar surface area (TPSA) is 87.8 Å². The molecule has 2 aromatic rings. The van der Waals surface area contributed by atoms with Gasteiger partial charge in [0.25, 0.3) is 11.5 Å². The fourth-order valence-corrected chi connectivity index (χ4v) is 5.89. The smallest absolute Gasteiger partial charge is 0.265 e. The third kappa shape index (κ3) is 4.49. The van der Waals surface area contributed by atoms with E-state index in [-0.39, 0.29) is 29.0 Å². The molecule has 3 heterocycles. The fourth-order valence-electron chi connectivity index (χ4n) is 5.89. The summed E-state index contributed by atoms with van der Waals surface area (Å²) in [6.45, 7) is 13.8. The lowest BCUT2D eigenvalue weighted by atomic mass is 9.80. The molecule has 0 radical (unpaired) electrons. The summed E-state index contributed by atoms with van der Waals surface area (Å²) in [6, 6.07) is 6.13. The van der Waals surface area contributed by atoms with Crippen LogP contribution in [-0.4, -0.2) is 59.7 Å². The zero-order chi connectivity index (χ0) is 28.1. The van der Waals surface area contributed by atoms with E-state index >= 15 is 0 Å². The number of pyridine rings is 1. The summed E-state index contributed by atoms with van der Waals surface area (Å²) < 4.78 is 13.3. The quantitative estimate of drug-likeness (QED) is 0.595. The van der Waals surface area contributed by atoms with Crippen LogP contribution in [0.5, 0.6) is 11.5 Å². The van der Waals surface area contributed by atoms with E-state index in [1.165, 1.54) is 0 Å². The van der Waals surface area contributed by atoms with Crippen molar-refractivity contribution in [1.82, 2.24) is 14.4 Å². The summed E-state index contributed by atoms with van der Waals surface area (Å²) in [7, 11) is 5.06. The molecule has 38 heavy (non-hydrogen) atoms. The minimum absolute atomic E-state index is 0.0106. The molecule has 0 N–H and O–H groups in total. The number of carbonyl (C=O) groups excluding carboxylic acids is 1. The molecule has 4 rings (SSSR count). The molecule has 0 spiro atoms. The first-order chi connectivity index (χ1) is 17.8. The first-order valence-electron chi connectivity index (χ1n) is 13.0. The van der Waals surface area contributed by atoms with Gasteiger partial charge in [0.2, 0.25) is 0 Å². The number of methoxy groups -OCH3 is 2. The van der Waals surface area contributed by atoms with Crippen LogP contribution < -0.4 is 15.0 Å². The highest BCUT2D eigenvalue weighted by Gasteiger charge is 2.47. The second kappa shape index (κ2) is 9.95. The Balaban J connectivity index is 1.74. The fraction of sp³-hybridized carbons (Fsp3) is 0.500. The third-order valence-electron chi connectivity index (χ3n) is 8.08. The summed E-state index contributed by atoms with van der Waals surface area (Å²) in [5.41, 5.74) is 5.32. The lowest BCUT2D eigenvalue weighted by Gasteiger charge is -2.45. The number of hydrogen-bond acceptors (Lipinski definition) is 6. The standard InChI is InChI=1S/C30H38N4O4/c1-17-13-34-24(27(30(4,5)6)21(12-31)29(34)36)16-33(17)15-23-25(37-8)10-20(11-26(23)38-9)22-14-32(7)28(35)19(3)18(22)2/h10-11,14,17,24H,13,15-16H2,1-9H3/t17-,24-/m0/s1. The number of amides is 1. The number of nitriles is 1. The number of ether oxygens (including phenoxy) is 2. The van der Waals surface area contributed by atoms with Crippen LogP contribution in [0.4, 0.5) is 0 Å². The lowest BCUT2D eigenvalue weighted by molar-refractivity contribution is -0.130. The maximum atomic E-state index is 13.1. The lowest BCUT2D eigenvalue weighted by Crippen LogP contribution is -2.57. The van der Waals surface area contributed by atoms with Gasteiger partial charge in [0.05, 0.1) is 25.8 Å². The Kier molecular flexibility index (Phi) is 7.19. The third-order valence-corrected chi connectivity index (χ3v) is 8.08. The van der Waals surface area contributed by atoms with Gasteiger partial charge in [0.15, 0.2) is 0 Å². The van der Waals surface area contributed by atoms with Gasteiger partial charge in [-0.05, 0) is 55.0 Å². The van der Waals surface area contributed by atoms with Gasteiger partial charge < -0.3 is 18.9 Å². The molecule has 0 bridgehead atoms. The molecular formula is C30H38N4O4. The van der Waals surface area contributed by atoms with Gasteiger partial charge in [0.1, 0.15) is 23.1 Å². The first kappa shape index (κ1) is 27.5. The molecule has 1 aromatic heterocycles. The van der Waals surface area contributed by atoms with Gasteiger partial charge in [0, 0.05) is 50.0 Å². The van der Waals surface area contributed by atoms with Crippen molar-refractivity contribution in [2.45, 2.75) is 60.2 Å². The van der Waals surface area contributed by atoms with Gasteiger partial charge in [-0.1, -0.05) is 20.8 Å². The Morgan fingerprint density at radius 1 is 1.05 bits per heavy atom. The highest BCUT2D eigenvalue weighted by Crippen LogP contribution is 2.42. The van der Waals surface area contributed by atoms with E-state index in [0.29, 0.717) is 42.3 Å². The molecule has 1 fully saturated rings. The summed E-state index contributed by atoms with van der Waals surface area (Å²) in [4.78, 5) is 29.7. The molecule has 1 aromatic carbocycles. The Labute approximate surface area is 225 Å². The van der Waals surface area contributed by atoms with Crippen LogP contribution >= 0.6 is 0 Å². The number of aromatic nitrogens is 1. The molecule has 8 heteroatoms. The van der Waals surface area contributed by atoms with E-state index in [1.807, 2.05) is 37.1 Å². The van der Waals surface area contributed by atoms with E-state index < -0.39 is 0 Å². The van der Waals surface area contributed by atoms with Crippen molar-refractivity contribution in [3.05, 3.63) is 56.5 Å². The molecular weight excluding hydrogens is 480 g/mol. The molecule has 2 aliphatic heterocycles. The van der Waals surface area contributed by atoms with Gasteiger partial charge in [-0.15, -0.1) is 0 Å². The summed E-state index contributed by atoms with van der Waals surface area (Å²) in [6.07, 6.45) is 1.85. The largest absolute Gasteiger partial charge is 0.496 e. The first-order valence-corrected chi connectivity index (χ1v) is 13.0. The number of carbonyl (C=O) groups is 1. The number of piperazine rings is 1. The van der Waals surface area contributed by atoms with E-state index in [9.17, 15) is 14.9 Å². The van der Waals surface area contributed by atoms with Crippen LogP contribution in [-0.2, 0) is 18.4 Å². The van der Waals surface area contributed by atoms with E-state index in [0.717, 1.165) is 27.8 Å². The van der Waals surface area contributed by atoms with Crippen molar-refractivity contribution in [2.24, 2.45) is 12.5 Å². The van der Waals surface area contributed by atoms with Crippen LogP contribution in [0.15, 0.2) is 34.3 Å². The van der Waals surface area contributed by atoms with Crippen LogP contribution in [0.2, 0.25) is 0 Å². The molecule has 0 unspecified atom stereocenters. The number of rotatable bonds is 5. The predicted molar refractivity (Wildman–Crippen MR) is 147 cm³/mol. The summed E-state index contributed by atoms with van der Waals surface area (Å²) in [5, 5.41) is 9.79. The molecule has 8 nitrogen and oxygen atoms in total. The minimum Gasteiger partial charge on any atom is -0.496 e. The summed E-state index contributed by atoms with van der Waals surface area (Å²) in [5.74, 6) is 1.25. The van der Waals surface area contributed by atoms with Crippen LogP contribution in [0.3, 0.4) is 0 Å². The van der Waals surface area contributed by atoms with Crippen LogP contribution in [0.1, 0.15) is 44.4 Å². The number of nitrogens with zero attached hydrogens (tertiary/aromatic N) is 4. The molecule has 2 aliphatic rings. The van der Waals surface area contributed by atoms with Crippen molar-refractivity contribution in [3.63, 3.8) is 0 Å². The van der Waals surface area contributed by atoms with Gasteiger partial charge >= 0.3 is 0 Å². The number of hydrogen-bond donors (Lipinski definition) is 0. The van der Waals surface area contributed by atoms with E-state index in [1.54, 1.807) is 25.8 Å². The van der Waals surface area contributed by atoms with Gasteiger partial charge in [-0.3, -0.25) is 14.5 Å². The zero-order valence-corrected chi connectivity index (χ0v) is 23.9. The molecule has 0 aliphatic carbocycles. The van der Waals surface area contributed by atoms with Crippen molar-refractivity contribution in [3.8, 4) is 28.7 Å². The average molecular weight is 519 g/mol. The highest BCUT2D eigenvalue weighted by atomic mass is 16.5. The monoisotopic (exact) mass is 518 g/mol. The number of fused-ring (bicyclic) bond motifs is 1. The number of benzene rings is 1. The van der Waals surface area contributed by atoms with Gasteiger partial charge in [-0.2, -0.15) is 5.26 Å². The summed E-state index contributed by atoms with van der Waals surface area (Å²) >= 11 is 0. The Morgan fingerprint density at radius 2 is 1.66 bits per heavy atom. The molecule has 202 valence electrons. The van der Waals surface area contributed by atoms with Crippen LogP contribution in [0.25, 0.3) is 11.1 Å². The maximum absolute atomic E-state index is 13.1. The van der Waals surface area contributed by atoms with Crippen molar-refractivity contribution in [1.29, 1.82) is 5.26 Å². The van der Waals surface area contributed by atoms with Gasteiger partial charge in [-0.25, -0.2) is 0 Å². The zero-order valence-electron chi connectivity index (χ0n) is 23.9. The molecule has 1 saturated heterocycles.